The molecule has 2 N–H and O–H groups in total. The van der Waals surface area contributed by atoms with Crippen molar-refractivity contribution in [2.75, 3.05) is 11.9 Å². The first-order valence-corrected chi connectivity index (χ1v) is 14.0. The van der Waals surface area contributed by atoms with E-state index >= 15 is 0 Å². The third kappa shape index (κ3) is 4.40. The smallest absolute Gasteiger partial charge is 0.384 e. The quantitative estimate of drug-likeness (QED) is 0.365. The molecular formula is C29H32F3N5O2. The molecule has 0 saturated heterocycles. The summed E-state index contributed by atoms with van der Waals surface area (Å²) in [5.74, 6) is 1.81. The van der Waals surface area contributed by atoms with Crippen LogP contribution in [0.4, 0.5) is 18.9 Å². The van der Waals surface area contributed by atoms with Gasteiger partial charge >= 0.3 is 6.18 Å². The van der Waals surface area contributed by atoms with Gasteiger partial charge in [-0.05, 0) is 87.3 Å². The number of nitrogens with one attached hydrogen (secondary N) is 1. The van der Waals surface area contributed by atoms with Crippen LogP contribution in [0.2, 0.25) is 0 Å². The maximum Gasteiger partial charge on any atom is 0.417 e. The Morgan fingerprint density at radius 1 is 0.949 bits per heavy atom. The van der Waals surface area contributed by atoms with Gasteiger partial charge in [-0.3, -0.25) is 0 Å². The fourth-order valence-corrected chi connectivity index (χ4v) is 6.78. The molecule has 2 bridgehead atoms. The van der Waals surface area contributed by atoms with Crippen molar-refractivity contribution in [1.82, 2.24) is 20.1 Å². The van der Waals surface area contributed by atoms with Crippen LogP contribution in [-0.4, -0.2) is 43.5 Å². The molecule has 8 rings (SSSR count). The lowest BCUT2D eigenvalue weighted by Gasteiger charge is -2.52. The number of benzene rings is 1. The van der Waals surface area contributed by atoms with Gasteiger partial charge in [0.1, 0.15) is 5.82 Å². The van der Waals surface area contributed by atoms with E-state index in [1.807, 2.05) is 12.4 Å². The van der Waals surface area contributed by atoms with E-state index in [4.69, 9.17) is 4.52 Å². The Kier molecular flexibility index (Phi) is 5.60. The molecule has 0 aliphatic heterocycles. The summed E-state index contributed by atoms with van der Waals surface area (Å²) in [5, 5.41) is 17.7. The normalized spacial score (nSPS) is 32.2. The number of aromatic nitrogens is 4. The fraction of sp³-hybridized carbons (Fsp3) is 0.586. The van der Waals surface area contributed by atoms with Crippen LogP contribution in [-0.2, 0) is 5.41 Å². The average Bonchev–Trinajstić information content (AvgIpc) is 3.67. The number of rotatable bonds is 7. The average molecular weight is 540 g/mol. The van der Waals surface area contributed by atoms with Crippen LogP contribution < -0.4 is 5.32 Å². The number of hydrogen-bond donors (Lipinski definition) is 2. The Bertz CT molecular complexity index is 1340. The largest absolute Gasteiger partial charge is 0.417 e. The molecule has 0 amide bonds. The first kappa shape index (κ1) is 25.0. The van der Waals surface area contributed by atoms with Crippen LogP contribution >= 0.6 is 0 Å². The monoisotopic (exact) mass is 539 g/mol. The van der Waals surface area contributed by atoms with Crippen LogP contribution in [0.1, 0.15) is 93.6 Å². The number of halogens is 3. The van der Waals surface area contributed by atoms with Gasteiger partial charge in [-0.25, -0.2) is 9.97 Å². The number of alkyl halides is 3. The van der Waals surface area contributed by atoms with E-state index in [9.17, 15) is 18.3 Å². The molecule has 5 aliphatic rings. The predicted molar refractivity (Wildman–Crippen MR) is 137 cm³/mol. The van der Waals surface area contributed by atoms with Crippen LogP contribution in [0.5, 0.6) is 0 Å². The Labute approximate surface area is 224 Å². The van der Waals surface area contributed by atoms with Gasteiger partial charge in [0.15, 0.2) is 11.4 Å². The molecule has 3 aromatic rings. The second-order valence-corrected chi connectivity index (χ2v) is 12.4. The minimum absolute atomic E-state index is 0.167. The molecule has 10 heteroatoms. The van der Waals surface area contributed by atoms with Gasteiger partial charge in [0.05, 0.1) is 0 Å². The molecular weight excluding hydrogens is 507 g/mol. The van der Waals surface area contributed by atoms with Crippen molar-refractivity contribution < 1.29 is 22.8 Å². The summed E-state index contributed by atoms with van der Waals surface area (Å²) in [5.41, 5.74) is 0.597. The molecule has 7 nitrogen and oxygen atoms in total. The first-order chi connectivity index (χ1) is 18.7. The molecule has 0 spiro atoms. The van der Waals surface area contributed by atoms with Crippen LogP contribution in [0, 0.1) is 5.41 Å². The molecule has 5 aliphatic carbocycles. The van der Waals surface area contributed by atoms with Crippen LogP contribution in [0.15, 0.2) is 41.2 Å². The van der Waals surface area contributed by atoms with E-state index in [1.54, 1.807) is 0 Å². The standard InChI is InChI=1S/C29H32F3N5O2/c30-29(31,32)28(38)13-20(14-28)24-36-25(37-39-24)27-9-6-26(7-10-27,8-11-27)17-35-22-3-1-2-19(12-22)21-15-33-23(34-16-21)18-4-5-18/h1-3,12,15-16,18,20,35,38H,4-11,13-14,17H2. The molecule has 2 heterocycles. The zero-order valence-corrected chi connectivity index (χ0v) is 21.7. The highest BCUT2D eigenvalue weighted by Crippen LogP contribution is 2.58. The summed E-state index contributed by atoms with van der Waals surface area (Å²) < 4.78 is 44.4. The zero-order valence-electron chi connectivity index (χ0n) is 21.7. The summed E-state index contributed by atoms with van der Waals surface area (Å²) >= 11 is 0. The minimum Gasteiger partial charge on any atom is -0.384 e. The summed E-state index contributed by atoms with van der Waals surface area (Å²) in [6, 6.07) is 8.39. The summed E-state index contributed by atoms with van der Waals surface area (Å²) in [4.78, 5) is 13.7. The molecule has 0 atom stereocenters. The highest BCUT2D eigenvalue weighted by molar-refractivity contribution is 5.66. The molecule has 5 saturated carbocycles. The van der Waals surface area contributed by atoms with Crippen LogP contribution in [0.25, 0.3) is 11.1 Å². The highest BCUT2D eigenvalue weighted by atomic mass is 19.4. The molecule has 206 valence electrons. The molecule has 5 fully saturated rings. The van der Waals surface area contributed by atoms with Crippen molar-refractivity contribution in [1.29, 1.82) is 0 Å². The maximum absolute atomic E-state index is 13.0. The van der Waals surface area contributed by atoms with E-state index < -0.39 is 30.5 Å². The Balaban J connectivity index is 0.968. The highest BCUT2D eigenvalue weighted by Gasteiger charge is 2.63. The van der Waals surface area contributed by atoms with E-state index in [0.29, 0.717) is 11.7 Å². The number of fused-ring (bicyclic) bond motifs is 3. The maximum atomic E-state index is 13.0. The van der Waals surface area contributed by atoms with Gasteiger partial charge in [0, 0.05) is 47.4 Å². The summed E-state index contributed by atoms with van der Waals surface area (Å²) in [6.45, 7) is 0.888. The molecule has 0 radical (unpaired) electrons. The van der Waals surface area contributed by atoms with Crippen molar-refractivity contribution in [3.63, 3.8) is 0 Å². The van der Waals surface area contributed by atoms with Crippen molar-refractivity contribution in [2.24, 2.45) is 5.41 Å². The Morgan fingerprint density at radius 2 is 1.64 bits per heavy atom. The van der Waals surface area contributed by atoms with E-state index in [1.165, 1.54) is 12.8 Å². The van der Waals surface area contributed by atoms with Crippen molar-refractivity contribution in [2.45, 2.75) is 93.2 Å². The number of nitrogens with zero attached hydrogens (tertiary/aromatic N) is 4. The molecule has 1 aromatic carbocycles. The predicted octanol–water partition coefficient (Wildman–Crippen LogP) is 6.28. The van der Waals surface area contributed by atoms with Gasteiger partial charge in [-0.15, -0.1) is 0 Å². The van der Waals surface area contributed by atoms with Crippen molar-refractivity contribution in [3.05, 3.63) is 54.2 Å². The topological polar surface area (TPSA) is 97.0 Å². The van der Waals surface area contributed by atoms with Crippen LogP contribution in [0.3, 0.4) is 0 Å². The Morgan fingerprint density at radius 3 is 2.28 bits per heavy atom. The minimum atomic E-state index is -4.63. The third-order valence-electron chi connectivity index (χ3n) is 9.84. The van der Waals surface area contributed by atoms with E-state index in [-0.39, 0.29) is 16.7 Å². The van der Waals surface area contributed by atoms with Crippen molar-refractivity contribution >= 4 is 5.69 Å². The molecule has 39 heavy (non-hydrogen) atoms. The lowest BCUT2D eigenvalue weighted by atomic mass is 9.53. The molecule has 2 aromatic heterocycles. The number of hydrogen-bond acceptors (Lipinski definition) is 7. The van der Waals surface area contributed by atoms with Gasteiger partial charge in [-0.1, -0.05) is 17.3 Å². The first-order valence-electron chi connectivity index (χ1n) is 14.0. The van der Waals surface area contributed by atoms with Gasteiger partial charge in [0.25, 0.3) is 0 Å². The lowest BCUT2D eigenvalue weighted by Crippen LogP contribution is -2.54. The zero-order chi connectivity index (χ0) is 26.9. The number of anilines is 1. The van der Waals surface area contributed by atoms with E-state index in [0.717, 1.165) is 67.7 Å². The SMILES string of the molecule is OC1(C(F)(F)F)CC(c2nc(C34CCC(CNc5cccc(-c6cnc(C7CC7)nc6)c5)(CC3)CC4)no2)C1. The third-order valence-corrected chi connectivity index (χ3v) is 9.84. The van der Waals surface area contributed by atoms with Gasteiger partial charge < -0.3 is 14.9 Å². The second kappa shape index (κ2) is 8.74. The van der Waals surface area contributed by atoms with Gasteiger partial charge in [0.2, 0.25) is 5.89 Å². The van der Waals surface area contributed by atoms with Crippen molar-refractivity contribution in [3.8, 4) is 11.1 Å². The summed E-state index contributed by atoms with van der Waals surface area (Å²) in [7, 11) is 0. The Hall–Kier alpha value is -3.01. The second-order valence-electron chi connectivity index (χ2n) is 12.4. The van der Waals surface area contributed by atoms with E-state index in [2.05, 4.69) is 49.7 Å². The molecule has 0 unspecified atom stereocenters. The number of aliphatic hydroxyl groups is 1. The van der Waals surface area contributed by atoms with Gasteiger partial charge in [-0.2, -0.15) is 18.2 Å². The fourth-order valence-electron chi connectivity index (χ4n) is 6.78. The lowest BCUT2D eigenvalue weighted by molar-refractivity contribution is -0.292. The summed E-state index contributed by atoms with van der Waals surface area (Å²) in [6.07, 6.45) is 6.69.